The Balaban J connectivity index is 2.21. The second-order valence-corrected chi connectivity index (χ2v) is 14.9. The number of hydrogen-bond acceptors (Lipinski definition) is 13. The number of hydrogen-bond donors (Lipinski definition) is 7. The lowest BCUT2D eigenvalue weighted by molar-refractivity contribution is 0.376. The minimum absolute atomic E-state index is 0.142. The monoisotopic (exact) mass is 641 g/mol. The lowest BCUT2D eigenvalue weighted by atomic mass is 10.1. The summed E-state index contributed by atoms with van der Waals surface area (Å²) in [6.07, 6.45) is 0. The Hall–Kier alpha value is -2.92. The molecule has 0 saturated carbocycles. The molecule has 220 valence electrons. The van der Waals surface area contributed by atoms with Crippen LogP contribution < -0.4 is 0 Å². The Kier molecular flexibility index (Phi) is 8.54. The van der Waals surface area contributed by atoms with E-state index in [1.807, 2.05) is 0 Å². The van der Waals surface area contributed by atoms with E-state index in [-0.39, 0.29) is 5.39 Å². The van der Waals surface area contributed by atoms with Crippen LogP contribution in [0.4, 0.5) is 11.4 Å². The van der Waals surface area contributed by atoms with Crippen molar-refractivity contribution in [2.75, 3.05) is 19.3 Å². The summed E-state index contributed by atoms with van der Waals surface area (Å²) in [6.45, 7) is 0.837. The molecular formula is C20H23N3O13S4. The average Bonchev–Trinajstić information content (AvgIpc) is 2.80. The fourth-order valence-electron chi connectivity index (χ4n) is 3.49. The third kappa shape index (κ3) is 6.86. The van der Waals surface area contributed by atoms with Crippen molar-refractivity contribution >= 4 is 63.3 Å². The lowest BCUT2D eigenvalue weighted by Crippen LogP contribution is -2.31. The van der Waals surface area contributed by atoms with E-state index >= 15 is 0 Å². The smallest absolute Gasteiger partial charge is 0.296 e. The van der Waals surface area contributed by atoms with Crippen molar-refractivity contribution in [3.8, 4) is 11.5 Å². The number of sulfonamides is 1. The predicted molar refractivity (Wildman–Crippen MR) is 142 cm³/mol. The number of phenols is 2. The minimum atomic E-state index is -5.11. The summed E-state index contributed by atoms with van der Waals surface area (Å²) < 4.78 is 121. The predicted octanol–water partition coefficient (Wildman–Crippen LogP) is 3.31. The molecular weight excluding hydrogens is 618 g/mol. The molecule has 0 amide bonds. The molecule has 0 fully saturated rings. The third-order valence-electron chi connectivity index (χ3n) is 5.41. The molecule has 0 heterocycles. The molecule has 3 aromatic rings. The highest BCUT2D eigenvalue weighted by atomic mass is 32.3. The number of nitrogens with zero attached hydrogens (tertiary/aromatic N) is 3. The summed E-state index contributed by atoms with van der Waals surface area (Å²) in [5, 5.41) is 27.6. The van der Waals surface area contributed by atoms with Crippen molar-refractivity contribution in [3.05, 3.63) is 42.0 Å². The highest BCUT2D eigenvalue weighted by Gasteiger charge is 2.28. The number of aryl methyl sites for hydroxylation is 1. The molecule has 0 bridgehead atoms. The standard InChI is InChI=1S/C20H23N3O13S4/c1-11-7-12-9-17(40(34,35)36)19(20(25)18(12)16(8-11)39(31,32)33)22-21-14-10-13(3-4-15(14)24)38(29,30)23(2)5-6-37(26,27)28/h3-4,7-10,24-25,31-33H,5-6H2,1-2H3,(H,26,27,28)(H,34,35,36). The Labute approximate surface area is 230 Å². The molecule has 7 N–H and O–H groups in total. The van der Waals surface area contributed by atoms with Gasteiger partial charge in [-0.15, -0.1) is 10.2 Å². The molecule has 0 spiro atoms. The summed E-state index contributed by atoms with van der Waals surface area (Å²) in [5.74, 6) is -2.64. The van der Waals surface area contributed by atoms with Crippen molar-refractivity contribution in [2.24, 2.45) is 10.2 Å². The topological polar surface area (TPSA) is 272 Å². The Bertz CT molecular complexity index is 1850. The van der Waals surface area contributed by atoms with Crippen molar-refractivity contribution in [1.29, 1.82) is 0 Å². The first-order valence-electron chi connectivity index (χ1n) is 10.6. The molecule has 0 unspecified atom stereocenters. The largest absolute Gasteiger partial charge is 0.506 e. The zero-order chi connectivity index (χ0) is 30.4. The van der Waals surface area contributed by atoms with Crippen LogP contribution in [0.1, 0.15) is 5.56 Å². The Morgan fingerprint density at radius 3 is 2.00 bits per heavy atom. The van der Waals surface area contributed by atoms with Gasteiger partial charge in [-0.2, -0.15) is 21.1 Å². The maximum atomic E-state index is 12.8. The maximum Gasteiger partial charge on any atom is 0.296 e. The highest BCUT2D eigenvalue weighted by Crippen LogP contribution is 2.53. The van der Waals surface area contributed by atoms with E-state index < -0.39 is 96.4 Å². The van der Waals surface area contributed by atoms with Crippen LogP contribution in [0.2, 0.25) is 0 Å². The van der Waals surface area contributed by atoms with Crippen LogP contribution in [0.5, 0.6) is 11.5 Å². The first kappa shape index (κ1) is 31.6. The summed E-state index contributed by atoms with van der Waals surface area (Å²) >= 11 is 0. The second-order valence-electron chi connectivity index (χ2n) is 8.39. The van der Waals surface area contributed by atoms with Crippen LogP contribution in [0, 0.1) is 6.92 Å². The summed E-state index contributed by atoms with van der Waals surface area (Å²) in [5.41, 5.74) is -1.22. The van der Waals surface area contributed by atoms with Crippen molar-refractivity contribution in [3.63, 3.8) is 0 Å². The van der Waals surface area contributed by atoms with Crippen LogP contribution in [-0.4, -0.2) is 81.9 Å². The summed E-state index contributed by atoms with van der Waals surface area (Å²) in [7, 11) is -17.4. The van der Waals surface area contributed by atoms with Gasteiger partial charge in [-0.3, -0.25) is 9.11 Å². The van der Waals surface area contributed by atoms with Gasteiger partial charge in [0.2, 0.25) is 10.0 Å². The molecule has 0 radical (unpaired) electrons. The second kappa shape index (κ2) is 10.8. The molecule has 16 nitrogen and oxygen atoms in total. The molecule has 0 aliphatic carbocycles. The first-order chi connectivity index (χ1) is 18.1. The maximum absolute atomic E-state index is 12.8. The van der Waals surface area contributed by atoms with Crippen molar-refractivity contribution in [2.45, 2.75) is 21.6 Å². The van der Waals surface area contributed by atoms with Gasteiger partial charge in [0, 0.05) is 19.0 Å². The molecule has 20 heteroatoms. The average molecular weight is 642 g/mol. The van der Waals surface area contributed by atoms with Gasteiger partial charge in [0.25, 0.3) is 20.2 Å². The molecule has 0 aliphatic rings. The van der Waals surface area contributed by atoms with E-state index in [2.05, 4.69) is 10.2 Å². The molecule has 40 heavy (non-hydrogen) atoms. The lowest BCUT2D eigenvalue weighted by Gasteiger charge is -2.23. The zero-order valence-corrected chi connectivity index (χ0v) is 23.7. The summed E-state index contributed by atoms with van der Waals surface area (Å²) in [6, 6.07) is 5.81. The number of azo groups is 1. The van der Waals surface area contributed by atoms with Crippen LogP contribution in [0.25, 0.3) is 10.8 Å². The number of phenolic OH excluding ortho intramolecular Hbond substituents is 2. The van der Waals surface area contributed by atoms with E-state index in [9.17, 15) is 53.7 Å². The van der Waals surface area contributed by atoms with Gasteiger partial charge in [-0.25, -0.2) is 8.42 Å². The SMILES string of the molecule is Cc1cc(S(O)(O)O)c2c(O)c(N=Nc3cc(S(=O)(=O)N(C)CCS(=O)(=O)O)ccc3O)c(S(=O)(=O)O)cc2c1. The Morgan fingerprint density at radius 2 is 1.45 bits per heavy atom. The van der Waals surface area contributed by atoms with Crippen LogP contribution >= 0.6 is 10.9 Å². The van der Waals surface area contributed by atoms with E-state index in [1.54, 1.807) is 0 Å². The minimum Gasteiger partial charge on any atom is -0.506 e. The number of benzene rings is 3. The van der Waals surface area contributed by atoms with Gasteiger partial charge >= 0.3 is 0 Å². The van der Waals surface area contributed by atoms with Crippen LogP contribution in [0.15, 0.2) is 61.3 Å². The molecule has 3 aromatic carbocycles. The molecule has 0 aromatic heterocycles. The zero-order valence-electron chi connectivity index (χ0n) is 20.4. The summed E-state index contributed by atoms with van der Waals surface area (Å²) in [4.78, 5) is -2.12. The van der Waals surface area contributed by atoms with Gasteiger partial charge in [-0.1, -0.05) is 6.07 Å². The highest BCUT2D eigenvalue weighted by molar-refractivity contribution is 8.19. The van der Waals surface area contributed by atoms with Gasteiger partial charge in [0.15, 0.2) is 5.75 Å². The number of fused-ring (bicyclic) bond motifs is 1. The van der Waals surface area contributed by atoms with Crippen LogP contribution in [0.3, 0.4) is 0 Å². The number of aromatic hydroxyl groups is 2. The van der Waals surface area contributed by atoms with E-state index in [4.69, 9.17) is 4.55 Å². The molecule has 0 aliphatic heterocycles. The fourth-order valence-corrected chi connectivity index (χ4v) is 6.80. The van der Waals surface area contributed by atoms with Crippen LogP contribution in [-0.2, 0) is 30.3 Å². The van der Waals surface area contributed by atoms with Crippen molar-refractivity contribution in [1.82, 2.24) is 4.31 Å². The van der Waals surface area contributed by atoms with E-state index in [1.165, 1.54) is 13.0 Å². The third-order valence-corrected chi connectivity index (χ3v) is 9.74. The van der Waals surface area contributed by atoms with Crippen molar-refractivity contribution < 1.29 is 58.2 Å². The van der Waals surface area contributed by atoms with Gasteiger partial charge in [-0.05, 0) is 48.2 Å². The quantitative estimate of drug-likeness (QED) is 0.131. The first-order valence-corrected chi connectivity index (χ1v) is 16.6. The normalized spacial score (nSPS) is 13.9. The van der Waals surface area contributed by atoms with Gasteiger partial charge < -0.3 is 23.9 Å². The van der Waals surface area contributed by atoms with E-state index in [0.29, 0.717) is 9.87 Å². The molecule has 3 rings (SSSR count). The van der Waals surface area contributed by atoms with Gasteiger partial charge in [0.1, 0.15) is 32.9 Å². The van der Waals surface area contributed by atoms with Gasteiger partial charge in [0.05, 0.1) is 15.5 Å². The fraction of sp³-hybridized carbons (Fsp3) is 0.200. The Morgan fingerprint density at radius 1 is 0.825 bits per heavy atom. The molecule has 0 atom stereocenters. The van der Waals surface area contributed by atoms with E-state index in [0.717, 1.165) is 37.4 Å². The molecule has 0 saturated heterocycles. The number of rotatable bonds is 9.